The van der Waals surface area contributed by atoms with Gasteiger partial charge < -0.3 is 10.2 Å². The first-order valence-electron chi connectivity index (χ1n) is 11.0. The van der Waals surface area contributed by atoms with Gasteiger partial charge in [0.15, 0.2) is 0 Å². The molecule has 1 unspecified atom stereocenters. The van der Waals surface area contributed by atoms with Gasteiger partial charge in [-0.25, -0.2) is 9.55 Å². The summed E-state index contributed by atoms with van der Waals surface area (Å²) in [5.41, 5.74) is 2.15. The average Bonchev–Trinajstić information content (AvgIpc) is 2.80. The molecule has 0 spiro atoms. The van der Waals surface area contributed by atoms with Gasteiger partial charge in [0.25, 0.3) is 16.7 Å². The van der Waals surface area contributed by atoms with Crippen LogP contribution in [0.3, 0.4) is 0 Å². The van der Waals surface area contributed by atoms with Crippen LogP contribution in [-0.2, 0) is 13.0 Å². The van der Waals surface area contributed by atoms with E-state index in [4.69, 9.17) is 39.8 Å². The lowest BCUT2D eigenvalue weighted by Gasteiger charge is -2.34. The van der Waals surface area contributed by atoms with Gasteiger partial charge in [0.2, 0.25) is 5.95 Å². The summed E-state index contributed by atoms with van der Waals surface area (Å²) >= 11 is 17.7. The highest BCUT2D eigenvalue weighted by molar-refractivity contribution is 6.67. The molecule has 4 rings (SSSR count). The maximum atomic E-state index is 13.7. The van der Waals surface area contributed by atoms with E-state index in [9.17, 15) is 14.4 Å². The number of benzene rings is 2. The first kappa shape index (κ1) is 25.2. The predicted octanol–water partition coefficient (Wildman–Crippen LogP) is 5.33. The van der Waals surface area contributed by atoms with Gasteiger partial charge in [-0.2, -0.15) is 0 Å². The van der Waals surface area contributed by atoms with E-state index >= 15 is 0 Å². The number of anilines is 1. The smallest absolute Gasteiger partial charge is 0.263 e. The third kappa shape index (κ3) is 5.08. The molecule has 1 aliphatic rings. The Balaban J connectivity index is 1.77. The Hall–Kier alpha value is -2.87. The number of carbonyl (C=O) groups excluding carboxylic acids is 2. The van der Waals surface area contributed by atoms with Gasteiger partial charge in [0.05, 0.1) is 28.0 Å². The van der Waals surface area contributed by atoms with Gasteiger partial charge in [-0.1, -0.05) is 23.2 Å². The topological polar surface area (TPSA) is 84.3 Å². The number of carbonyl (C=O) groups is 2. The normalized spacial score (nSPS) is 15.2. The number of nitrogens with one attached hydrogen (secondary N) is 1. The molecule has 2 aromatic carbocycles. The van der Waals surface area contributed by atoms with Crippen LogP contribution in [-0.4, -0.2) is 37.7 Å². The van der Waals surface area contributed by atoms with Gasteiger partial charge in [-0.05, 0) is 81.3 Å². The summed E-state index contributed by atoms with van der Waals surface area (Å²) in [5.74, 6) is 0.137. The van der Waals surface area contributed by atoms with Crippen LogP contribution in [0.1, 0.15) is 52.7 Å². The Morgan fingerprint density at radius 2 is 1.71 bits per heavy atom. The van der Waals surface area contributed by atoms with E-state index in [0.29, 0.717) is 50.5 Å². The highest BCUT2D eigenvalue weighted by atomic mass is 35.5. The predicted molar refractivity (Wildman–Crippen MR) is 138 cm³/mol. The fourth-order valence-electron chi connectivity index (χ4n) is 4.06. The third-order valence-corrected chi connectivity index (χ3v) is 6.77. The van der Waals surface area contributed by atoms with Crippen LogP contribution >= 0.6 is 34.8 Å². The Bertz CT molecular complexity index is 1370. The molecule has 1 amide bonds. The molecular weight excluding hydrogens is 511 g/mol. The molecule has 182 valence electrons. The van der Waals surface area contributed by atoms with Crippen LogP contribution in [0.4, 0.5) is 5.95 Å². The summed E-state index contributed by atoms with van der Waals surface area (Å²) in [6.07, 6.45) is 0.342. The van der Waals surface area contributed by atoms with E-state index < -0.39 is 5.24 Å². The van der Waals surface area contributed by atoms with Gasteiger partial charge >= 0.3 is 0 Å². The summed E-state index contributed by atoms with van der Waals surface area (Å²) < 4.78 is 1.49. The number of rotatable bonds is 5. The molecule has 7 nitrogen and oxygen atoms in total. The zero-order valence-corrected chi connectivity index (χ0v) is 21.6. The first-order chi connectivity index (χ1) is 16.6. The van der Waals surface area contributed by atoms with E-state index in [2.05, 4.69) is 5.32 Å². The van der Waals surface area contributed by atoms with Crippen LogP contribution in [0.5, 0.6) is 0 Å². The Kier molecular flexibility index (Phi) is 7.22. The monoisotopic (exact) mass is 532 g/mol. The van der Waals surface area contributed by atoms with Crippen molar-refractivity contribution >= 4 is 51.9 Å². The van der Waals surface area contributed by atoms with Crippen molar-refractivity contribution in [2.75, 3.05) is 5.32 Å². The zero-order valence-electron chi connectivity index (χ0n) is 19.3. The number of hydrogen-bond donors (Lipinski definition) is 1. The molecule has 1 aromatic heterocycles. The molecule has 3 aromatic rings. The lowest BCUT2D eigenvalue weighted by molar-refractivity contribution is 0.0653. The number of amides is 1. The Labute approximate surface area is 217 Å². The lowest BCUT2D eigenvalue weighted by Crippen LogP contribution is -2.46. The number of nitrogens with zero attached hydrogens (tertiary/aromatic N) is 3. The van der Waals surface area contributed by atoms with Crippen LogP contribution in [0.25, 0.3) is 5.69 Å². The van der Waals surface area contributed by atoms with Gasteiger partial charge in [0.1, 0.15) is 0 Å². The second kappa shape index (κ2) is 10.0. The Morgan fingerprint density at radius 3 is 2.31 bits per heavy atom. The highest BCUT2D eigenvalue weighted by Gasteiger charge is 2.32. The maximum absolute atomic E-state index is 13.7. The minimum atomic E-state index is -0.575. The van der Waals surface area contributed by atoms with E-state index in [0.717, 1.165) is 0 Å². The molecule has 0 aliphatic carbocycles. The minimum absolute atomic E-state index is 0.00801. The summed E-state index contributed by atoms with van der Waals surface area (Å²) in [6.45, 7) is 5.95. The van der Waals surface area contributed by atoms with E-state index in [1.165, 1.54) is 4.57 Å². The van der Waals surface area contributed by atoms with Gasteiger partial charge in [0, 0.05) is 28.8 Å². The molecule has 0 saturated heterocycles. The maximum Gasteiger partial charge on any atom is 0.263 e. The summed E-state index contributed by atoms with van der Waals surface area (Å²) in [5, 5.41) is 3.32. The molecule has 10 heteroatoms. The largest absolute Gasteiger partial charge is 0.353 e. The van der Waals surface area contributed by atoms with Crippen LogP contribution in [0, 0.1) is 0 Å². The van der Waals surface area contributed by atoms with E-state index in [-0.39, 0.29) is 30.1 Å². The lowest BCUT2D eigenvalue weighted by atomic mass is 9.98. The number of fused-ring (bicyclic) bond motifs is 1. The number of hydrogen-bond acceptors (Lipinski definition) is 5. The van der Waals surface area contributed by atoms with E-state index in [1.807, 2.05) is 20.8 Å². The number of halogens is 3. The van der Waals surface area contributed by atoms with Crippen LogP contribution < -0.4 is 10.9 Å². The molecule has 1 aliphatic heterocycles. The quantitative estimate of drug-likeness (QED) is 0.449. The molecule has 2 heterocycles. The second-order valence-electron chi connectivity index (χ2n) is 8.74. The number of aromatic nitrogens is 2. The first-order valence-corrected chi connectivity index (χ1v) is 12.2. The van der Waals surface area contributed by atoms with Crippen LogP contribution in [0.15, 0.2) is 47.3 Å². The second-order valence-corrected chi connectivity index (χ2v) is 9.89. The van der Waals surface area contributed by atoms with Crippen molar-refractivity contribution in [3.63, 3.8) is 0 Å². The Morgan fingerprint density at radius 1 is 1.06 bits per heavy atom. The molecule has 1 N–H and O–H groups in total. The van der Waals surface area contributed by atoms with Gasteiger partial charge in [-0.15, -0.1) is 0 Å². The van der Waals surface area contributed by atoms with Gasteiger partial charge in [-0.3, -0.25) is 14.4 Å². The fourth-order valence-corrected chi connectivity index (χ4v) is 4.49. The zero-order chi connectivity index (χ0) is 25.4. The fraction of sp³-hybridized carbons (Fsp3) is 0.280. The van der Waals surface area contributed by atoms with Crippen molar-refractivity contribution in [2.24, 2.45) is 0 Å². The van der Waals surface area contributed by atoms with Crippen molar-refractivity contribution in [1.29, 1.82) is 0 Å². The molecule has 0 saturated carbocycles. The minimum Gasteiger partial charge on any atom is -0.353 e. The van der Waals surface area contributed by atoms with Crippen molar-refractivity contribution < 1.29 is 9.59 Å². The van der Waals surface area contributed by atoms with Crippen molar-refractivity contribution in [2.45, 2.75) is 45.8 Å². The average molecular weight is 534 g/mol. The summed E-state index contributed by atoms with van der Waals surface area (Å²) in [6, 6.07) is 11.0. The van der Waals surface area contributed by atoms with Crippen molar-refractivity contribution in [1.82, 2.24) is 14.5 Å². The summed E-state index contributed by atoms with van der Waals surface area (Å²) in [4.78, 5) is 44.8. The molecule has 0 fully saturated rings. The molecule has 0 bridgehead atoms. The molecular formula is C25H23Cl3N4O3. The standard InChI is InChI=1S/C25H23Cl3N4O3/c1-13(2)29-25-30-21-12-31(23(34)16-6-9-19(26)20(27)11-16)14(3)10-18(21)24(35)32(25)17-7-4-15(5-8-17)22(28)33/h4-9,11,13-14H,10,12H2,1-3H3,(H,29,30). The molecule has 0 radical (unpaired) electrons. The SMILES string of the molecule is CC(C)Nc1nc2c(c(=O)n1-c1ccc(C(=O)Cl)cc1)CC(C)N(C(=O)c1ccc(Cl)c(Cl)c1)C2. The molecule has 35 heavy (non-hydrogen) atoms. The third-order valence-electron chi connectivity index (χ3n) is 5.81. The molecule has 1 atom stereocenters. The van der Waals surface area contributed by atoms with Crippen LogP contribution in [0.2, 0.25) is 10.0 Å². The highest BCUT2D eigenvalue weighted by Crippen LogP contribution is 2.27. The van der Waals surface area contributed by atoms with Crippen molar-refractivity contribution in [3.8, 4) is 5.69 Å². The van der Waals surface area contributed by atoms with Crippen molar-refractivity contribution in [3.05, 3.63) is 85.2 Å². The van der Waals surface area contributed by atoms with E-state index in [1.54, 1.807) is 47.4 Å². The summed E-state index contributed by atoms with van der Waals surface area (Å²) in [7, 11) is 0.